The number of Topliss-reactive ketones (excluding diaryl/α,β-unsaturated/α-hetero) is 1. The lowest BCUT2D eigenvalue weighted by Gasteiger charge is -2.06. The lowest BCUT2D eigenvalue weighted by molar-refractivity contribution is 0.0993. The number of hydrogen-bond acceptors (Lipinski definition) is 1. The van der Waals surface area contributed by atoms with Gasteiger partial charge in [-0.1, -0.05) is 35.3 Å². The van der Waals surface area contributed by atoms with E-state index in [0.717, 1.165) is 0 Å². The normalized spacial score (nSPS) is 10.5. The zero-order valence-electron chi connectivity index (χ0n) is 10.2. The van der Waals surface area contributed by atoms with Crippen LogP contribution in [0.3, 0.4) is 0 Å². The van der Waals surface area contributed by atoms with Crippen LogP contribution in [0.2, 0.25) is 10.0 Å². The zero-order chi connectivity index (χ0) is 14.0. The van der Waals surface area contributed by atoms with Crippen molar-refractivity contribution in [1.29, 1.82) is 0 Å². The van der Waals surface area contributed by atoms with E-state index in [0.29, 0.717) is 26.7 Å². The fourth-order valence-corrected chi connectivity index (χ4v) is 2.17. The van der Waals surface area contributed by atoms with Gasteiger partial charge >= 0.3 is 0 Å². The van der Waals surface area contributed by atoms with E-state index < -0.39 is 0 Å². The fraction of sp³-hybridized carbons (Fsp3) is 0.133. The molecule has 19 heavy (non-hydrogen) atoms. The monoisotopic (exact) mass is 296 g/mol. The van der Waals surface area contributed by atoms with Crippen molar-refractivity contribution in [1.82, 2.24) is 0 Å². The molecule has 0 amide bonds. The smallest absolute Gasteiger partial charge is 0.167 e. The van der Waals surface area contributed by atoms with Gasteiger partial charge < -0.3 is 0 Å². The maximum atomic E-state index is 13.2. The number of carbonyl (C=O) groups is 1. The quantitative estimate of drug-likeness (QED) is 0.739. The van der Waals surface area contributed by atoms with Crippen LogP contribution in [0.15, 0.2) is 36.4 Å². The van der Waals surface area contributed by atoms with Gasteiger partial charge in [-0.15, -0.1) is 0 Å². The van der Waals surface area contributed by atoms with Crippen LogP contribution in [0.5, 0.6) is 0 Å². The molecule has 0 radical (unpaired) electrons. The summed E-state index contributed by atoms with van der Waals surface area (Å²) in [6, 6.07) is 9.47. The summed E-state index contributed by atoms with van der Waals surface area (Å²) in [6.07, 6.45) is 0.143. The van der Waals surface area contributed by atoms with Crippen LogP contribution in [0.25, 0.3) is 0 Å². The van der Waals surface area contributed by atoms with Crippen LogP contribution in [0, 0.1) is 12.7 Å². The molecule has 0 aliphatic carbocycles. The molecule has 0 fully saturated rings. The molecule has 0 N–H and O–H groups in total. The van der Waals surface area contributed by atoms with E-state index in [9.17, 15) is 9.18 Å². The Bertz CT molecular complexity index is 638. The van der Waals surface area contributed by atoms with Gasteiger partial charge in [-0.2, -0.15) is 0 Å². The van der Waals surface area contributed by atoms with Crippen molar-refractivity contribution >= 4 is 29.0 Å². The Kier molecular flexibility index (Phi) is 4.23. The average molecular weight is 297 g/mol. The molecule has 0 unspecified atom stereocenters. The molecule has 0 saturated carbocycles. The molecule has 0 heterocycles. The van der Waals surface area contributed by atoms with Gasteiger partial charge in [0.15, 0.2) is 5.78 Å². The van der Waals surface area contributed by atoms with Gasteiger partial charge in [0.1, 0.15) is 5.82 Å². The van der Waals surface area contributed by atoms with E-state index in [2.05, 4.69) is 0 Å². The van der Waals surface area contributed by atoms with Gasteiger partial charge in [0.05, 0.1) is 10.0 Å². The van der Waals surface area contributed by atoms with Crippen molar-refractivity contribution in [3.8, 4) is 0 Å². The number of hydrogen-bond donors (Lipinski definition) is 0. The number of halogens is 3. The lowest BCUT2D eigenvalue weighted by Crippen LogP contribution is -2.05. The van der Waals surface area contributed by atoms with E-state index in [1.807, 2.05) is 0 Å². The maximum absolute atomic E-state index is 13.2. The Morgan fingerprint density at radius 3 is 2.63 bits per heavy atom. The van der Waals surface area contributed by atoms with Crippen LogP contribution in [0.1, 0.15) is 21.5 Å². The second kappa shape index (κ2) is 5.72. The van der Waals surface area contributed by atoms with Crippen LogP contribution in [0.4, 0.5) is 4.39 Å². The molecule has 2 aromatic rings. The standard InChI is InChI=1S/C15H11Cl2FO/c1-9-7-10(5-6-13(9)18)14(19)8-11-3-2-4-12(16)15(11)17/h2-7H,8H2,1H3. The highest BCUT2D eigenvalue weighted by atomic mass is 35.5. The molecular formula is C15H11Cl2FO. The Hall–Kier alpha value is -1.38. The minimum atomic E-state index is -0.322. The van der Waals surface area contributed by atoms with Gasteiger partial charge in [-0.25, -0.2) is 4.39 Å². The number of aryl methyl sites for hydroxylation is 1. The first-order valence-corrected chi connectivity index (χ1v) is 6.47. The Labute approximate surface area is 121 Å². The number of rotatable bonds is 3. The largest absolute Gasteiger partial charge is 0.294 e. The highest BCUT2D eigenvalue weighted by molar-refractivity contribution is 6.42. The molecule has 1 nitrogen and oxygen atoms in total. The predicted octanol–water partition coefficient (Wildman–Crippen LogP) is 4.87. The third-order valence-electron chi connectivity index (χ3n) is 2.86. The zero-order valence-corrected chi connectivity index (χ0v) is 11.7. The molecular weight excluding hydrogens is 286 g/mol. The number of carbonyl (C=O) groups excluding carboxylic acids is 1. The summed E-state index contributed by atoms with van der Waals surface area (Å²) in [5.41, 5.74) is 1.58. The van der Waals surface area contributed by atoms with E-state index in [4.69, 9.17) is 23.2 Å². The summed E-state index contributed by atoms with van der Waals surface area (Å²) in [5.74, 6) is -0.440. The van der Waals surface area contributed by atoms with Crippen molar-refractivity contribution in [2.75, 3.05) is 0 Å². The van der Waals surface area contributed by atoms with Crippen LogP contribution in [-0.4, -0.2) is 5.78 Å². The summed E-state index contributed by atoms with van der Waals surface area (Å²) < 4.78 is 13.2. The first-order valence-electron chi connectivity index (χ1n) is 5.71. The summed E-state index contributed by atoms with van der Waals surface area (Å²) in [4.78, 5) is 12.1. The van der Waals surface area contributed by atoms with Gasteiger partial charge in [-0.05, 0) is 42.3 Å². The van der Waals surface area contributed by atoms with Crippen LogP contribution in [-0.2, 0) is 6.42 Å². The molecule has 0 aliphatic heterocycles. The minimum absolute atomic E-state index is 0.118. The van der Waals surface area contributed by atoms with Crippen LogP contribution >= 0.6 is 23.2 Å². The van der Waals surface area contributed by atoms with E-state index in [1.54, 1.807) is 25.1 Å². The van der Waals surface area contributed by atoms with Gasteiger partial charge in [0, 0.05) is 12.0 Å². The maximum Gasteiger partial charge on any atom is 0.167 e. The molecule has 0 atom stereocenters. The molecule has 4 heteroatoms. The molecule has 0 aliphatic rings. The molecule has 98 valence electrons. The van der Waals surface area contributed by atoms with E-state index in [-0.39, 0.29) is 18.0 Å². The molecule has 2 aromatic carbocycles. The SMILES string of the molecule is Cc1cc(C(=O)Cc2cccc(Cl)c2Cl)ccc1F. The Morgan fingerprint density at radius 1 is 1.21 bits per heavy atom. The molecule has 0 saturated heterocycles. The minimum Gasteiger partial charge on any atom is -0.294 e. The second-order valence-corrected chi connectivity index (χ2v) is 5.06. The van der Waals surface area contributed by atoms with Gasteiger partial charge in [0.2, 0.25) is 0 Å². The Balaban J connectivity index is 2.26. The average Bonchev–Trinajstić information content (AvgIpc) is 2.38. The lowest BCUT2D eigenvalue weighted by atomic mass is 10.0. The van der Waals surface area contributed by atoms with Crippen molar-refractivity contribution < 1.29 is 9.18 Å². The summed E-state index contributed by atoms with van der Waals surface area (Å²) in [6.45, 7) is 1.62. The topological polar surface area (TPSA) is 17.1 Å². The van der Waals surface area contributed by atoms with Crippen molar-refractivity contribution in [2.24, 2.45) is 0 Å². The molecule has 2 rings (SSSR count). The third-order valence-corrected chi connectivity index (χ3v) is 3.72. The highest BCUT2D eigenvalue weighted by Crippen LogP contribution is 2.26. The molecule has 0 aromatic heterocycles. The van der Waals surface area contributed by atoms with E-state index in [1.165, 1.54) is 18.2 Å². The predicted molar refractivity (Wildman–Crippen MR) is 75.6 cm³/mol. The Morgan fingerprint density at radius 2 is 1.95 bits per heavy atom. The van der Waals surface area contributed by atoms with Crippen LogP contribution < -0.4 is 0 Å². The van der Waals surface area contributed by atoms with E-state index >= 15 is 0 Å². The van der Waals surface area contributed by atoms with Crippen molar-refractivity contribution in [3.63, 3.8) is 0 Å². The fourth-order valence-electron chi connectivity index (χ4n) is 1.78. The first-order chi connectivity index (χ1) is 8.99. The second-order valence-electron chi connectivity index (χ2n) is 4.28. The summed E-state index contributed by atoms with van der Waals surface area (Å²) in [5, 5.41) is 0.804. The summed E-state index contributed by atoms with van der Waals surface area (Å²) >= 11 is 11.9. The molecule has 0 spiro atoms. The summed E-state index contributed by atoms with van der Waals surface area (Å²) in [7, 11) is 0. The first kappa shape index (κ1) is 14.0. The highest BCUT2D eigenvalue weighted by Gasteiger charge is 2.12. The van der Waals surface area contributed by atoms with Gasteiger partial charge in [0.25, 0.3) is 0 Å². The third kappa shape index (κ3) is 3.14. The van der Waals surface area contributed by atoms with Crippen molar-refractivity contribution in [3.05, 3.63) is 69.0 Å². The number of ketones is 1. The van der Waals surface area contributed by atoms with Gasteiger partial charge in [-0.3, -0.25) is 4.79 Å². The van der Waals surface area contributed by atoms with Crippen molar-refractivity contribution in [2.45, 2.75) is 13.3 Å². The number of benzene rings is 2. The molecule has 0 bridgehead atoms.